The number of ether oxygens (including phenoxy) is 3. The highest BCUT2D eigenvalue weighted by Gasteiger charge is 2.13. The van der Waals surface area contributed by atoms with Gasteiger partial charge in [-0.2, -0.15) is 0 Å². The van der Waals surface area contributed by atoms with Gasteiger partial charge in [-0.1, -0.05) is 189 Å². The summed E-state index contributed by atoms with van der Waals surface area (Å²) >= 11 is 0. The van der Waals surface area contributed by atoms with E-state index < -0.39 is 0 Å². The first-order valence-corrected chi connectivity index (χ1v) is 25.0. The van der Waals surface area contributed by atoms with Crippen LogP contribution in [0.4, 0.5) is 0 Å². The minimum Gasteiger partial charge on any atom is -0.466 e. The fourth-order valence-electron chi connectivity index (χ4n) is 7.97. The van der Waals surface area contributed by atoms with Gasteiger partial charge in [0.2, 0.25) is 0 Å². The minimum atomic E-state index is -0.00425. The zero-order chi connectivity index (χ0) is 41.2. The van der Waals surface area contributed by atoms with Crippen molar-refractivity contribution in [1.82, 2.24) is 4.90 Å². The number of carbonyl (C=O) groups is 2. The molecule has 1 atom stereocenters. The number of carbonyl (C=O) groups excluding carboxylic acids is 2. The van der Waals surface area contributed by atoms with Crippen LogP contribution < -0.4 is 0 Å². The molecule has 0 aromatic carbocycles. The summed E-state index contributed by atoms with van der Waals surface area (Å²) in [6.07, 6.45) is 40.2. The van der Waals surface area contributed by atoms with Crippen molar-refractivity contribution < 1.29 is 23.8 Å². The largest absolute Gasteiger partial charge is 0.466 e. The van der Waals surface area contributed by atoms with Crippen LogP contribution in [0.2, 0.25) is 0 Å². The van der Waals surface area contributed by atoms with Gasteiger partial charge in [-0.25, -0.2) is 0 Å². The van der Waals surface area contributed by atoms with Crippen molar-refractivity contribution in [3.05, 3.63) is 0 Å². The number of esters is 2. The molecule has 0 radical (unpaired) electrons. The topological polar surface area (TPSA) is 65.1 Å². The molecule has 0 heterocycles. The van der Waals surface area contributed by atoms with Gasteiger partial charge in [-0.3, -0.25) is 9.59 Å². The van der Waals surface area contributed by atoms with Crippen LogP contribution in [0.1, 0.15) is 253 Å². The molecule has 0 saturated carbocycles. The first-order chi connectivity index (χ1) is 27.4. The van der Waals surface area contributed by atoms with Crippen molar-refractivity contribution >= 4 is 11.9 Å². The van der Waals surface area contributed by atoms with E-state index in [1.165, 1.54) is 141 Å². The quantitative estimate of drug-likeness (QED) is 0.0452. The van der Waals surface area contributed by atoms with Crippen LogP contribution in [0, 0.1) is 11.8 Å². The summed E-state index contributed by atoms with van der Waals surface area (Å²) in [6.45, 7) is 15.6. The van der Waals surface area contributed by atoms with Crippen molar-refractivity contribution in [2.24, 2.45) is 11.8 Å². The third-order valence-corrected chi connectivity index (χ3v) is 12.1. The second-order valence-electron chi connectivity index (χ2n) is 17.4. The summed E-state index contributed by atoms with van der Waals surface area (Å²) in [5.41, 5.74) is 0. The Morgan fingerprint density at radius 1 is 0.411 bits per heavy atom. The van der Waals surface area contributed by atoms with Gasteiger partial charge < -0.3 is 19.1 Å². The highest BCUT2D eigenvalue weighted by atomic mass is 16.5. The molecule has 334 valence electrons. The lowest BCUT2D eigenvalue weighted by Crippen LogP contribution is -2.20. The van der Waals surface area contributed by atoms with Crippen LogP contribution in [0.15, 0.2) is 0 Å². The monoisotopic (exact) mass is 794 g/mol. The Hall–Kier alpha value is -1.14. The van der Waals surface area contributed by atoms with Crippen molar-refractivity contribution in [3.63, 3.8) is 0 Å². The summed E-state index contributed by atoms with van der Waals surface area (Å²) in [7, 11) is 2.19. The molecule has 0 aromatic heterocycles. The van der Waals surface area contributed by atoms with Crippen molar-refractivity contribution in [3.8, 4) is 0 Å². The fraction of sp³-hybridized carbons (Fsp3) is 0.960. The van der Waals surface area contributed by atoms with Crippen LogP contribution in [0.3, 0.4) is 0 Å². The molecule has 0 aliphatic heterocycles. The van der Waals surface area contributed by atoms with Gasteiger partial charge in [0.05, 0.1) is 19.3 Å². The average molecular weight is 794 g/mol. The van der Waals surface area contributed by atoms with Crippen molar-refractivity contribution in [2.45, 2.75) is 259 Å². The van der Waals surface area contributed by atoms with Gasteiger partial charge in [0.1, 0.15) is 0 Å². The third kappa shape index (κ3) is 38.4. The smallest absolute Gasteiger partial charge is 0.305 e. The highest BCUT2D eigenvalue weighted by Crippen LogP contribution is 2.23. The van der Waals surface area contributed by atoms with Crippen LogP contribution in [0.25, 0.3) is 0 Å². The fourth-order valence-corrected chi connectivity index (χ4v) is 7.97. The van der Waals surface area contributed by atoms with Gasteiger partial charge in [-0.15, -0.1) is 0 Å². The molecule has 0 fully saturated rings. The zero-order valence-electron chi connectivity index (χ0n) is 38.8. The SMILES string of the molecule is CCCCCC(CCCCC)CCOC(=O)CCCCCCCCC(CCCCCCC(=O)OCCC(CCCCC)CCCCC)OCCCCN(C)CC. The predicted molar refractivity (Wildman–Crippen MR) is 241 cm³/mol. The molecule has 0 aliphatic carbocycles. The summed E-state index contributed by atoms with van der Waals surface area (Å²) < 4.78 is 17.8. The molecule has 0 saturated heterocycles. The van der Waals surface area contributed by atoms with Crippen LogP contribution in [-0.2, 0) is 23.8 Å². The van der Waals surface area contributed by atoms with E-state index in [4.69, 9.17) is 14.2 Å². The summed E-state index contributed by atoms with van der Waals surface area (Å²) in [6, 6.07) is 0. The van der Waals surface area contributed by atoms with Crippen LogP contribution in [-0.4, -0.2) is 62.9 Å². The third-order valence-electron chi connectivity index (χ3n) is 12.1. The van der Waals surface area contributed by atoms with E-state index in [1.54, 1.807) is 0 Å². The molecular formula is C50H99NO5. The second kappa shape index (κ2) is 43.4. The molecule has 1 unspecified atom stereocenters. The average Bonchev–Trinajstić information content (AvgIpc) is 3.19. The van der Waals surface area contributed by atoms with E-state index in [2.05, 4.69) is 46.6 Å². The van der Waals surface area contributed by atoms with Crippen molar-refractivity contribution in [1.29, 1.82) is 0 Å². The molecule has 0 aromatic rings. The Labute approximate surface area is 350 Å². The number of rotatable bonds is 45. The first kappa shape index (κ1) is 54.9. The first-order valence-electron chi connectivity index (χ1n) is 25.0. The molecular weight excluding hydrogens is 695 g/mol. The Kier molecular flexibility index (Phi) is 42.6. The Morgan fingerprint density at radius 2 is 0.786 bits per heavy atom. The standard InChI is InChI=1S/C50H99NO5/c1-7-12-22-32-46(33-23-13-8-2)40-44-55-49(52)38-28-19-17-16-18-26-36-48(54-43-31-30-42-51(6)11-5)37-27-20-21-29-39-50(53)56-45-41-47(34-24-14-9-3)35-25-15-10-4/h46-48H,7-45H2,1-6H3. The molecule has 6 nitrogen and oxygen atoms in total. The van der Waals surface area contributed by atoms with E-state index in [-0.39, 0.29) is 11.9 Å². The number of unbranched alkanes of at least 4 members (excludes halogenated alkanes) is 17. The normalized spacial score (nSPS) is 12.3. The second-order valence-corrected chi connectivity index (χ2v) is 17.4. The van der Waals surface area contributed by atoms with Gasteiger partial charge in [-0.05, 0) is 83.3 Å². The van der Waals surface area contributed by atoms with E-state index >= 15 is 0 Å². The van der Waals surface area contributed by atoms with Crippen LogP contribution >= 0.6 is 0 Å². The lowest BCUT2D eigenvalue weighted by atomic mass is 9.92. The maximum absolute atomic E-state index is 12.4. The molecule has 0 spiro atoms. The van der Waals surface area contributed by atoms with Gasteiger partial charge in [0.15, 0.2) is 0 Å². The maximum Gasteiger partial charge on any atom is 0.305 e. The van der Waals surface area contributed by atoms with Crippen LogP contribution in [0.5, 0.6) is 0 Å². The summed E-state index contributed by atoms with van der Waals surface area (Å²) in [5.74, 6) is 1.43. The molecule has 0 amide bonds. The highest BCUT2D eigenvalue weighted by molar-refractivity contribution is 5.69. The number of hydrogen-bond acceptors (Lipinski definition) is 6. The molecule has 0 aliphatic rings. The van der Waals surface area contributed by atoms with Gasteiger partial charge in [0, 0.05) is 19.4 Å². The Balaban J connectivity index is 4.28. The summed E-state index contributed by atoms with van der Waals surface area (Å²) in [4.78, 5) is 27.2. The van der Waals surface area contributed by atoms with E-state index in [0.717, 1.165) is 83.9 Å². The number of hydrogen-bond donors (Lipinski definition) is 0. The summed E-state index contributed by atoms with van der Waals surface area (Å²) in [5, 5.41) is 0. The van der Waals surface area contributed by atoms with Gasteiger partial charge >= 0.3 is 11.9 Å². The Bertz CT molecular complexity index is 801. The lowest BCUT2D eigenvalue weighted by Gasteiger charge is -2.19. The lowest BCUT2D eigenvalue weighted by molar-refractivity contribution is -0.145. The van der Waals surface area contributed by atoms with Crippen molar-refractivity contribution in [2.75, 3.05) is 40.0 Å². The predicted octanol–water partition coefficient (Wildman–Crippen LogP) is 15.0. The van der Waals surface area contributed by atoms with E-state index in [1.807, 2.05) is 0 Å². The molecule has 56 heavy (non-hydrogen) atoms. The maximum atomic E-state index is 12.4. The van der Waals surface area contributed by atoms with Gasteiger partial charge in [0.25, 0.3) is 0 Å². The van der Waals surface area contributed by atoms with E-state index in [9.17, 15) is 9.59 Å². The molecule has 6 heteroatoms. The number of nitrogens with zero attached hydrogens (tertiary/aromatic N) is 1. The molecule has 0 rings (SSSR count). The molecule has 0 bridgehead atoms. The van der Waals surface area contributed by atoms with E-state index in [0.29, 0.717) is 44.0 Å². The minimum absolute atomic E-state index is 0.00168. The zero-order valence-corrected chi connectivity index (χ0v) is 38.8. The Morgan fingerprint density at radius 3 is 1.18 bits per heavy atom. The molecule has 0 N–H and O–H groups in total.